The first-order chi connectivity index (χ1) is 11.8. The zero-order chi connectivity index (χ0) is 16.8. The van der Waals surface area contributed by atoms with Crippen LogP contribution in [0.4, 0.5) is 0 Å². The first kappa shape index (κ1) is 17.2. The average Bonchev–Trinajstić information content (AvgIpc) is 2.67. The highest BCUT2D eigenvalue weighted by atomic mass is 32.2. The van der Waals surface area contributed by atoms with E-state index in [4.69, 9.17) is 4.74 Å². The van der Waals surface area contributed by atoms with Crippen molar-refractivity contribution < 1.29 is 9.53 Å². The molecule has 1 aliphatic rings. The summed E-state index contributed by atoms with van der Waals surface area (Å²) < 4.78 is 5.43. The number of hydrogen-bond donors (Lipinski definition) is 0. The number of ether oxygens (including phenoxy) is 1. The van der Waals surface area contributed by atoms with E-state index in [0.717, 1.165) is 34.0 Å². The van der Waals surface area contributed by atoms with Crippen molar-refractivity contribution in [2.45, 2.75) is 11.0 Å². The number of benzene rings is 2. The fourth-order valence-corrected chi connectivity index (χ4v) is 5.37. The molecule has 0 radical (unpaired) electrons. The summed E-state index contributed by atoms with van der Waals surface area (Å²) in [6.45, 7) is 0. The molecule has 1 saturated heterocycles. The molecule has 3 rings (SSSR count). The van der Waals surface area contributed by atoms with Crippen LogP contribution in [0.3, 0.4) is 0 Å². The van der Waals surface area contributed by atoms with Crippen LogP contribution in [0.15, 0.2) is 54.6 Å². The zero-order valence-corrected chi connectivity index (χ0v) is 15.2. The Hall–Kier alpha value is -1.65. The van der Waals surface area contributed by atoms with Gasteiger partial charge in [0.25, 0.3) is 0 Å². The van der Waals surface area contributed by atoms with Crippen molar-refractivity contribution in [3.63, 3.8) is 0 Å². The quantitative estimate of drug-likeness (QED) is 0.556. The molecule has 4 heteroatoms. The van der Waals surface area contributed by atoms with Gasteiger partial charge in [0.2, 0.25) is 0 Å². The van der Waals surface area contributed by atoms with E-state index in [0.29, 0.717) is 0 Å². The number of hydrogen-bond acceptors (Lipinski definition) is 4. The van der Waals surface area contributed by atoms with Gasteiger partial charge >= 0.3 is 0 Å². The number of allylic oxidation sites excluding steroid dienone is 1. The smallest absolute Gasteiger partial charge is 0.186 e. The molecule has 0 unspecified atom stereocenters. The van der Waals surface area contributed by atoms with E-state index >= 15 is 0 Å². The molecule has 2 aromatic carbocycles. The van der Waals surface area contributed by atoms with Gasteiger partial charge in [-0.25, -0.2) is 0 Å². The summed E-state index contributed by atoms with van der Waals surface area (Å²) >= 11 is 3.51. The second-order valence-corrected chi connectivity index (χ2v) is 8.18. The van der Waals surface area contributed by atoms with Crippen LogP contribution in [-0.2, 0) is 4.79 Å². The predicted octanol–water partition coefficient (Wildman–Crippen LogP) is 5.00. The molecule has 0 bridgehead atoms. The Morgan fingerprint density at radius 3 is 2.42 bits per heavy atom. The molecule has 124 valence electrons. The summed E-state index contributed by atoms with van der Waals surface area (Å²) in [6, 6.07) is 17.7. The largest absolute Gasteiger partial charge is 0.496 e. The molecule has 0 amide bonds. The van der Waals surface area contributed by atoms with Gasteiger partial charge in [-0.2, -0.15) is 0 Å². The van der Waals surface area contributed by atoms with Gasteiger partial charge in [-0.3, -0.25) is 4.79 Å². The van der Waals surface area contributed by atoms with Crippen LogP contribution in [0.2, 0.25) is 0 Å². The third-order valence-electron chi connectivity index (χ3n) is 3.83. The van der Waals surface area contributed by atoms with Crippen LogP contribution in [0.5, 0.6) is 5.75 Å². The van der Waals surface area contributed by atoms with Crippen molar-refractivity contribution in [1.82, 2.24) is 0 Å². The monoisotopic (exact) mass is 356 g/mol. The van der Waals surface area contributed by atoms with E-state index in [2.05, 4.69) is 0 Å². The summed E-state index contributed by atoms with van der Waals surface area (Å²) in [5, 5.41) is 0. The standard InChI is InChI=1S/C20H20O2S2/c1-22-18-11-6-5-10-16(18)14-17(15-8-3-2-4-9-15)19(21)20-23-12-7-13-24-20/h2-6,8-11,14,20H,7,12-13H2,1H3/b17-14+. The second-order valence-electron chi connectivity index (χ2n) is 5.46. The number of Topliss-reactive ketones (excluding diaryl/α,β-unsaturated/α-hetero) is 1. The van der Waals surface area contributed by atoms with E-state index in [1.54, 1.807) is 30.6 Å². The lowest BCUT2D eigenvalue weighted by Crippen LogP contribution is -2.19. The second kappa shape index (κ2) is 8.45. The molecule has 2 aromatic rings. The fourth-order valence-electron chi connectivity index (χ4n) is 2.62. The number of thioether (sulfide) groups is 2. The maximum Gasteiger partial charge on any atom is 0.186 e. The number of carbonyl (C=O) groups is 1. The predicted molar refractivity (Wildman–Crippen MR) is 106 cm³/mol. The molecule has 0 N–H and O–H groups in total. The molecule has 2 nitrogen and oxygen atoms in total. The normalized spacial score (nSPS) is 16.0. The van der Waals surface area contributed by atoms with E-state index in [-0.39, 0.29) is 10.4 Å². The number of methoxy groups -OCH3 is 1. The van der Waals surface area contributed by atoms with Crippen LogP contribution in [0, 0.1) is 0 Å². The van der Waals surface area contributed by atoms with Crippen LogP contribution in [0.1, 0.15) is 17.5 Å². The van der Waals surface area contributed by atoms with Crippen molar-refractivity contribution >= 4 is 41.0 Å². The molecular weight excluding hydrogens is 336 g/mol. The van der Waals surface area contributed by atoms with Gasteiger partial charge in [0.05, 0.1) is 7.11 Å². The lowest BCUT2D eigenvalue weighted by Gasteiger charge is -2.21. The molecule has 0 aliphatic carbocycles. The number of rotatable bonds is 5. The highest BCUT2D eigenvalue weighted by Gasteiger charge is 2.26. The van der Waals surface area contributed by atoms with Gasteiger partial charge in [-0.15, -0.1) is 23.5 Å². The van der Waals surface area contributed by atoms with Gasteiger partial charge in [-0.05, 0) is 35.6 Å². The van der Waals surface area contributed by atoms with E-state index in [9.17, 15) is 4.79 Å². The summed E-state index contributed by atoms with van der Waals surface area (Å²) in [6.07, 6.45) is 3.14. The number of para-hydroxylation sites is 1. The molecule has 24 heavy (non-hydrogen) atoms. The van der Waals surface area contributed by atoms with Crippen molar-refractivity contribution in [1.29, 1.82) is 0 Å². The Bertz CT molecular complexity index is 719. The minimum Gasteiger partial charge on any atom is -0.496 e. The van der Waals surface area contributed by atoms with Gasteiger partial charge in [0.15, 0.2) is 5.78 Å². The first-order valence-electron chi connectivity index (χ1n) is 7.97. The lowest BCUT2D eigenvalue weighted by atomic mass is 9.99. The number of ketones is 1. The SMILES string of the molecule is COc1ccccc1/C=C(/C(=O)C1SCCCS1)c1ccccc1. The van der Waals surface area contributed by atoms with Crippen molar-refractivity contribution in [3.8, 4) is 5.75 Å². The maximum atomic E-state index is 13.2. The molecule has 1 aliphatic heterocycles. The van der Waals surface area contributed by atoms with Crippen molar-refractivity contribution in [3.05, 3.63) is 65.7 Å². The van der Waals surface area contributed by atoms with Crippen LogP contribution >= 0.6 is 23.5 Å². The maximum absolute atomic E-state index is 13.2. The van der Waals surface area contributed by atoms with Gasteiger partial charge < -0.3 is 4.74 Å². The Labute approximate surface area is 151 Å². The highest BCUT2D eigenvalue weighted by molar-refractivity contribution is 8.18. The molecule has 0 saturated carbocycles. The van der Waals surface area contributed by atoms with Crippen LogP contribution < -0.4 is 4.74 Å². The third-order valence-corrected chi connectivity index (χ3v) is 6.73. The third kappa shape index (κ3) is 4.05. The van der Waals surface area contributed by atoms with Crippen LogP contribution in [0.25, 0.3) is 11.6 Å². The zero-order valence-electron chi connectivity index (χ0n) is 13.6. The highest BCUT2D eigenvalue weighted by Crippen LogP contribution is 2.36. The topological polar surface area (TPSA) is 26.3 Å². The average molecular weight is 357 g/mol. The van der Waals surface area contributed by atoms with E-state index in [1.165, 1.54) is 6.42 Å². The van der Waals surface area contributed by atoms with E-state index in [1.807, 2.05) is 60.7 Å². The van der Waals surface area contributed by atoms with E-state index < -0.39 is 0 Å². The van der Waals surface area contributed by atoms with Gasteiger partial charge in [0, 0.05) is 11.1 Å². The molecule has 1 heterocycles. The molecule has 0 spiro atoms. The van der Waals surface area contributed by atoms with Gasteiger partial charge in [0.1, 0.15) is 10.3 Å². The van der Waals surface area contributed by atoms with Crippen molar-refractivity contribution in [2.75, 3.05) is 18.6 Å². The molecule has 0 atom stereocenters. The minimum absolute atomic E-state index is 0.0140. The molecular formula is C20H20O2S2. The minimum atomic E-state index is -0.0140. The summed E-state index contributed by atoms with van der Waals surface area (Å²) in [7, 11) is 1.66. The summed E-state index contributed by atoms with van der Waals surface area (Å²) in [4.78, 5) is 13.2. The van der Waals surface area contributed by atoms with Crippen LogP contribution in [-0.4, -0.2) is 29.0 Å². The van der Waals surface area contributed by atoms with Gasteiger partial charge in [-0.1, -0.05) is 48.5 Å². The Morgan fingerprint density at radius 1 is 1.04 bits per heavy atom. The number of carbonyl (C=O) groups excluding carboxylic acids is 1. The Kier molecular flexibility index (Phi) is 6.05. The molecule has 1 fully saturated rings. The molecule has 0 aromatic heterocycles. The fraction of sp³-hybridized carbons (Fsp3) is 0.250. The first-order valence-corrected chi connectivity index (χ1v) is 10.1. The Morgan fingerprint density at radius 2 is 1.71 bits per heavy atom. The van der Waals surface area contributed by atoms with Crippen molar-refractivity contribution in [2.24, 2.45) is 0 Å². The summed E-state index contributed by atoms with van der Waals surface area (Å²) in [5.41, 5.74) is 2.64. The lowest BCUT2D eigenvalue weighted by molar-refractivity contribution is -0.112. The summed E-state index contributed by atoms with van der Waals surface area (Å²) in [5.74, 6) is 3.09. The Balaban J connectivity index is 2.02.